The highest BCUT2D eigenvalue weighted by molar-refractivity contribution is 6.42. The molecule has 2 aromatic rings. The number of benzene rings is 1. The van der Waals surface area contributed by atoms with E-state index in [2.05, 4.69) is 29.3 Å². The number of likely N-dealkylation sites (N-methyl/N-ethyl adjacent to an activating group) is 1. The number of nitrogens with zero attached hydrogens (tertiary/aromatic N) is 2. The van der Waals surface area contributed by atoms with Gasteiger partial charge in [-0.1, -0.05) is 42.2 Å². The monoisotopic (exact) mass is 313 g/mol. The third-order valence-corrected chi connectivity index (χ3v) is 3.95. The molecule has 0 aliphatic rings. The highest BCUT2D eigenvalue weighted by Crippen LogP contribution is 2.27. The Morgan fingerprint density at radius 2 is 2.00 bits per heavy atom. The fraction of sp³-hybridized carbons (Fsp3) is 0.429. The summed E-state index contributed by atoms with van der Waals surface area (Å²) < 4.78 is 5.29. The van der Waals surface area contributed by atoms with Crippen LogP contribution in [0.3, 0.4) is 0 Å². The van der Waals surface area contributed by atoms with Crippen LogP contribution in [0, 0.1) is 5.92 Å². The van der Waals surface area contributed by atoms with Crippen LogP contribution in [-0.4, -0.2) is 23.2 Å². The normalized spacial score (nSPS) is 12.9. The summed E-state index contributed by atoms with van der Waals surface area (Å²) in [6.07, 6.45) is 0.697. The molecule has 0 aliphatic carbocycles. The lowest BCUT2D eigenvalue weighted by atomic mass is 10.0. The summed E-state index contributed by atoms with van der Waals surface area (Å²) in [4.78, 5) is 4.40. The second-order valence-corrected chi connectivity index (χ2v) is 5.80. The van der Waals surface area contributed by atoms with Crippen LogP contribution >= 0.6 is 23.2 Å². The van der Waals surface area contributed by atoms with E-state index in [0.717, 1.165) is 5.56 Å². The van der Waals surface area contributed by atoms with E-state index in [9.17, 15) is 0 Å². The molecule has 2 rings (SSSR count). The van der Waals surface area contributed by atoms with Crippen LogP contribution in [0.15, 0.2) is 22.7 Å². The predicted molar refractivity (Wildman–Crippen MR) is 81.1 cm³/mol. The first kappa shape index (κ1) is 15.3. The molecule has 0 fully saturated rings. The van der Waals surface area contributed by atoms with E-state index >= 15 is 0 Å². The largest absolute Gasteiger partial charge is 0.339 e. The average molecular weight is 314 g/mol. The van der Waals surface area contributed by atoms with Gasteiger partial charge in [0.2, 0.25) is 11.7 Å². The van der Waals surface area contributed by atoms with Crippen LogP contribution in [0.25, 0.3) is 11.4 Å². The number of hydrogen-bond acceptors (Lipinski definition) is 4. The van der Waals surface area contributed by atoms with Gasteiger partial charge in [-0.25, -0.2) is 0 Å². The smallest absolute Gasteiger partial charge is 0.228 e. The Morgan fingerprint density at radius 3 is 2.60 bits per heavy atom. The Kier molecular flexibility index (Phi) is 5.02. The maximum Gasteiger partial charge on any atom is 0.228 e. The molecule has 0 spiro atoms. The second kappa shape index (κ2) is 6.57. The first-order chi connectivity index (χ1) is 9.51. The van der Waals surface area contributed by atoms with E-state index in [-0.39, 0.29) is 0 Å². The minimum atomic E-state index is 0.303. The molecule has 0 saturated heterocycles. The van der Waals surface area contributed by atoms with E-state index < -0.39 is 0 Å². The summed E-state index contributed by atoms with van der Waals surface area (Å²) in [5.74, 6) is 1.62. The number of hydrogen-bond donors (Lipinski definition) is 1. The molecule has 0 amide bonds. The van der Waals surface area contributed by atoms with E-state index in [1.807, 2.05) is 13.1 Å². The van der Waals surface area contributed by atoms with Crippen molar-refractivity contribution in [2.45, 2.75) is 26.3 Å². The molecular formula is C14H17Cl2N3O. The standard InChI is InChI=1S/C14H17Cl2N3O/c1-8(2)12(17-3)7-13-18-14(19-20-13)9-4-5-10(15)11(16)6-9/h4-6,8,12,17H,7H2,1-3H3. The third kappa shape index (κ3) is 3.51. The predicted octanol–water partition coefficient (Wildman–Crippen LogP) is 3.83. The summed E-state index contributed by atoms with van der Waals surface area (Å²) in [7, 11) is 1.93. The molecule has 1 unspecified atom stereocenters. The SMILES string of the molecule is CNC(Cc1nc(-c2ccc(Cl)c(Cl)c2)no1)C(C)C. The van der Waals surface area contributed by atoms with Gasteiger partial charge in [-0.3, -0.25) is 0 Å². The maximum absolute atomic E-state index is 5.99. The van der Waals surface area contributed by atoms with Gasteiger partial charge in [-0.15, -0.1) is 0 Å². The summed E-state index contributed by atoms with van der Waals surface area (Å²) in [6, 6.07) is 5.58. The van der Waals surface area contributed by atoms with E-state index in [4.69, 9.17) is 27.7 Å². The van der Waals surface area contributed by atoms with Gasteiger partial charge in [0.25, 0.3) is 0 Å². The quantitative estimate of drug-likeness (QED) is 0.911. The number of nitrogens with one attached hydrogen (secondary N) is 1. The Balaban J connectivity index is 2.18. The molecule has 1 heterocycles. The van der Waals surface area contributed by atoms with Crippen molar-refractivity contribution in [1.29, 1.82) is 0 Å². The Bertz CT molecular complexity index is 584. The molecule has 20 heavy (non-hydrogen) atoms. The van der Waals surface area contributed by atoms with Crippen molar-refractivity contribution >= 4 is 23.2 Å². The molecule has 1 aromatic carbocycles. The molecule has 4 nitrogen and oxygen atoms in total. The van der Waals surface area contributed by atoms with Crippen LogP contribution in [0.4, 0.5) is 0 Å². The van der Waals surface area contributed by atoms with Crippen LogP contribution < -0.4 is 5.32 Å². The van der Waals surface area contributed by atoms with Gasteiger partial charge in [0.15, 0.2) is 0 Å². The van der Waals surface area contributed by atoms with Crippen LogP contribution in [0.2, 0.25) is 10.0 Å². The van der Waals surface area contributed by atoms with Gasteiger partial charge in [0, 0.05) is 18.0 Å². The van der Waals surface area contributed by atoms with Crippen LogP contribution in [0.5, 0.6) is 0 Å². The minimum absolute atomic E-state index is 0.303. The van der Waals surface area contributed by atoms with E-state index in [1.165, 1.54) is 0 Å². The van der Waals surface area contributed by atoms with Crippen molar-refractivity contribution in [2.24, 2.45) is 5.92 Å². The van der Waals surface area contributed by atoms with Gasteiger partial charge in [-0.05, 0) is 31.2 Å². The molecule has 0 saturated carbocycles. The molecule has 108 valence electrons. The van der Waals surface area contributed by atoms with Crippen molar-refractivity contribution in [3.63, 3.8) is 0 Å². The molecule has 0 aliphatic heterocycles. The lowest BCUT2D eigenvalue weighted by Gasteiger charge is -2.17. The zero-order valence-electron chi connectivity index (χ0n) is 11.7. The lowest BCUT2D eigenvalue weighted by molar-refractivity contribution is 0.335. The summed E-state index contributed by atoms with van der Waals surface area (Å²) in [6.45, 7) is 4.30. The topological polar surface area (TPSA) is 51.0 Å². The van der Waals surface area contributed by atoms with Gasteiger partial charge >= 0.3 is 0 Å². The van der Waals surface area contributed by atoms with Crippen molar-refractivity contribution in [3.05, 3.63) is 34.1 Å². The summed E-state index contributed by atoms with van der Waals surface area (Å²) in [5, 5.41) is 8.22. The third-order valence-electron chi connectivity index (χ3n) is 3.22. The Morgan fingerprint density at radius 1 is 1.25 bits per heavy atom. The van der Waals surface area contributed by atoms with Crippen molar-refractivity contribution in [2.75, 3.05) is 7.05 Å². The highest BCUT2D eigenvalue weighted by atomic mass is 35.5. The van der Waals surface area contributed by atoms with Gasteiger partial charge in [0.05, 0.1) is 10.0 Å². The Hall–Kier alpha value is -1.10. The first-order valence-electron chi connectivity index (χ1n) is 6.46. The molecule has 1 atom stereocenters. The molecule has 0 bridgehead atoms. The molecule has 6 heteroatoms. The molecule has 1 N–H and O–H groups in total. The number of aromatic nitrogens is 2. The Labute approximate surface area is 128 Å². The molecular weight excluding hydrogens is 297 g/mol. The zero-order chi connectivity index (χ0) is 14.7. The average Bonchev–Trinajstić information content (AvgIpc) is 2.87. The van der Waals surface area contributed by atoms with Gasteiger partial charge < -0.3 is 9.84 Å². The first-order valence-corrected chi connectivity index (χ1v) is 7.22. The van der Waals surface area contributed by atoms with E-state index in [0.29, 0.717) is 40.1 Å². The maximum atomic E-state index is 5.99. The van der Waals surface area contributed by atoms with Gasteiger partial charge in [-0.2, -0.15) is 4.98 Å². The van der Waals surface area contributed by atoms with Crippen LogP contribution in [0.1, 0.15) is 19.7 Å². The summed E-state index contributed by atoms with van der Waals surface area (Å²) >= 11 is 11.9. The fourth-order valence-corrected chi connectivity index (χ4v) is 2.25. The number of rotatable bonds is 5. The highest BCUT2D eigenvalue weighted by Gasteiger charge is 2.17. The van der Waals surface area contributed by atoms with Crippen molar-refractivity contribution in [1.82, 2.24) is 15.5 Å². The fourth-order valence-electron chi connectivity index (χ4n) is 1.95. The van der Waals surface area contributed by atoms with Crippen LogP contribution in [-0.2, 0) is 6.42 Å². The summed E-state index contributed by atoms with van der Waals surface area (Å²) in [5.41, 5.74) is 0.792. The zero-order valence-corrected chi connectivity index (χ0v) is 13.2. The number of halogens is 2. The van der Waals surface area contributed by atoms with E-state index in [1.54, 1.807) is 12.1 Å². The molecule has 1 aromatic heterocycles. The minimum Gasteiger partial charge on any atom is -0.339 e. The lowest BCUT2D eigenvalue weighted by Crippen LogP contribution is -2.32. The van der Waals surface area contributed by atoms with Crippen molar-refractivity contribution < 1.29 is 4.52 Å². The molecule has 0 radical (unpaired) electrons. The van der Waals surface area contributed by atoms with Crippen molar-refractivity contribution in [3.8, 4) is 11.4 Å². The van der Waals surface area contributed by atoms with Gasteiger partial charge in [0.1, 0.15) is 0 Å². The second-order valence-electron chi connectivity index (χ2n) is 4.98.